The average molecular weight is 298 g/mol. The van der Waals surface area contributed by atoms with Crippen LogP contribution in [0.2, 0.25) is 0 Å². The first kappa shape index (κ1) is 15.8. The summed E-state index contributed by atoms with van der Waals surface area (Å²) in [5.74, 6) is 0.0364. The second-order valence-corrected chi connectivity index (χ2v) is 4.77. The summed E-state index contributed by atoms with van der Waals surface area (Å²) in [7, 11) is 0. The summed E-state index contributed by atoms with van der Waals surface area (Å²) >= 11 is 0. The first-order valence-corrected chi connectivity index (χ1v) is 7.13. The lowest BCUT2D eigenvalue weighted by molar-refractivity contribution is -0.146. The number of ketones is 1. The summed E-state index contributed by atoms with van der Waals surface area (Å²) in [4.78, 5) is 23.8. The molecule has 1 atom stereocenters. The molecule has 0 aliphatic heterocycles. The predicted molar refractivity (Wildman–Crippen MR) is 82.9 cm³/mol. The molecule has 0 radical (unpaired) electrons. The molecule has 114 valence electrons. The van der Waals surface area contributed by atoms with Gasteiger partial charge in [0.15, 0.2) is 6.10 Å². The smallest absolute Gasteiger partial charge is 0.309 e. The molecule has 0 heterocycles. The van der Waals surface area contributed by atoms with E-state index in [0.717, 1.165) is 0 Å². The fraction of sp³-hybridized carbons (Fsp3) is 0.222. The van der Waals surface area contributed by atoms with Crippen molar-refractivity contribution in [1.29, 1.82) is 0 Å². The van der Waals surface area contributed by atoms with Crippen molar-refractivity contribution < 1.29 is 19.1 Å². The van der Waals surface area contributed by atoms with E-state index in [1.165, 1.54) is 0 Å². The van der Waals surface area contributed by atoms with Crippen LogP contribution < -0.4 is 4.74 Å². The fourth-order valence-corrected chi connectivity index (χ4v) is 1.92. The maximum absolute atomic E-state index is 12.1. The van der Waals surface area contributed by atoms with Crippen LogP contribution >= 0.6 is 0 Å². The van der Waals surface area contributed by atoms with E-state index in [-0.39, 0.29) is 18.8 Å². The molecule has 2 rings (SSSR count). The van der Waals surface area contributed by atoms with Gasteiger partial charge in [0.05, 0.1) is 13.0 Å². The standard InChI is InChI=1S/C18H18O4/c1-14(18(20)15-8-4-2-5-9-15)22-17(19)12-13-21-16-10-6-3-7-11-16/h2-11,14H,12-13H2,1H3. The summed E-state index contributed by atoms with van der Waals surface area (Å²) in [6.45, 7) is 1.79. The third kappa shape index (κ3) is 4.74. The van der Waals surface area contributed by atoms with Crippen molar-refractivity contribution >= 4 is 11.8 Å². The topological polar surface area (TPSA) is 52.6 Å². The Balaban J connectivity index is 1.76. The van der Waals surface area contributed by atoms with Gasteiger partial charge in [-0.3, -0.25) is 9.59 Å². The second-order valence-electron chi connectivity index (χ2n) is 4.77. The Morgan fingerprint density at radius 3 is 2.18 bits per heavy atom. The second kappa shape index (κ2) is 7.98. The quantitative estimate of drug-likeness (QED) is 0.581. The van der Waals surface area contributed by atoms with Gasteiger partial charge < -0.3 is 9.47 Å². The van der Waals surface area contributed by atoms with E-state index in [4.69, 9.17) is 9.47 Å². The fourth-order valence-electron chi connectivity index (χ4n) is 1.92. The van der Waals surface area contributed by atoms with Gasteiger partial charge >= 0.3 is 5.97 Å². The van der Waals surface area contributed by atoms with Gasteiger partial charge in [0.2, 0.25) is 5.78 Å². The molecule has 0 saturated carbocycles. The van der Waals surface area contributed by atoms with Gasteiger partial charge in [-0.15, -0.1) is 0 Å². The van der Waals surface area contributed by atoms with E-state index in [2.05, 4.69) is 0 Å². The Morgan fingerprint density at radius 2 is 1.55 bits per heavy atom. The lowest BCUT2D eigenvalue weighted by Crippen LogP contribution is -2.25. The van der Waals surface area contributed by atoms with Crippen molar-refractivity contribution in [2.45, 2.75) is 19.4 Å². The Kier molecular flexibility index (Phi) is 5.72. The number of Topliss-reactive ketones (excluding diaryl/α,β-unsaturated/α-hetero) is 1. The molecule has 0 aliphatic rings. The third-order valence-corrected chi connectivity index (χ3v) is 3.05. The first-order valence-electron chi connectivity index (χ1n) is 7.13. The molecule has 0 aromatic heterocycles. The number of rotatable bonds is 7. The zero-order valence-electron chi connectivity index (χ0n) is 12.4. The number of hydrogen-bond acceptors (Lipinski definition) is 4. The van der Waals surface area contributed by atoms with Gasteiger partial charge in [-0.05, 0) is 19.1 Å². The molecule has 0 amide bonds. The number of esters is 1. The first-order chi connectivity index (χ1) is 10.7. The summed E-state index contributed by atoms with van der Waals surface area (Å²) in [5, 5.41) is 0. The highest BCUT2D eigenvalue weighted by Crippen LogP contribution is 2.10. The molecule has 0 fully saturated rings. The number of benzene rings is 2. The van der Waals surface area contributed by atoms with Crippen molar-refractivity contribution in [1.82, 2.24) is 0 Å². The van der Waals surface area contributed by atoms with E-state index in [0.29, 0.717) is 11.3 Å². The molecule has 2 aromatic carbocycles. The zero-order valence-corrected chi connectivity index (χ0v) is 12.4. The Bertz CT molecular complexity index is 607. The minimum Gasteiger partial charge on any atom is -0.493 e. The SMILES string of the molecule is CC(OC(=O)CCOc1ccccc1)C(=O)c1ccccc1. The molecular weight excluding hydrogens is 280 g/mol. The van der Waals surface area contributed by atoms with Crippen LogP contribution in [0.5, 0.6) is 5.75 Å². The average Bonchev–Trinajstić information content (AvgIpc) is 2.56. The molecular formula is C18H18O4. The van der Waals surface area contributed by atoms with Crippen LogP contribution in [0.1, 0.15) is 23.7 Å². The van der Waals surface area contributed by atoms with E-state index in [1.54, 1.807) is 31.2 Å². The van der Waals surface area contributed by atoms with Crippen LogP contribution in [0, 0.1) is 0 Å². The number of carbonyl (C=O) groups is 2. The number of carbonyl (C=O) groups excluding carboxylic acids is 2. The third-order valence-electron chi connectivity index (χ3n) is 3.05. The predicted octanol–water partition coefficient (Wildman–Crippen LogP) is 3.27. The molecule has 0 aliphatic carbocycles. The summed E-state index contributed by atoms with van der Waals surface area (Å²) in [6, 6.07) is 18.0. The molecule has 1 unspecified atom stereocenters. The molecule has 0 N–H and O–H groups in total. The van der Waals surface area contributed by atoms with Crippen molar-refractivity contribution in [3.05, 3.63) is 66.2 Å². The Labute approximate surface area is 129 Å². The van der Waals surface area contributed by atoms with Crippen LogP contribution in [0.4, 0.5) is 0 Å². The maximum atomic E-state index is 12.1. The molecule has 0 saturated heterocycles. The Hall–Kier alpha value is -2.62. The van der Waals surface area contributed by atoms with Gasteiger partial charge in [0.25, 0.3) is 0 Å². The normalized spacial score (nSPS) is 11.5. The van der Waals surface area contributed by atoms with Crippen LogP contribution in [-0.2, 0) is 9.53 Å². The highest BCUT2D eigenvalue weighted by molar-refractivity contribution is 6.00. The monoisotopic (exact) mass is 298 g/mol. The Morgan fingerprint density at radius 1 is 0.955 bits per heavy atom. The van der Waals surface area contributed by atoms with Crippen LogP contribution in [0.15, 0.2) is 60.7 Å². The van der Waals surface area contributed by atoms with Crippen molar-refractivity contribution in [3.8, 4) is 5.75 Å². The zero-order chi connectivity index (χ0) is 15.8. The van der Waals surface area contributed by atoms with Crippen molar-refractivity contribution in [2.24, 2.45) is 0 Å². The van der Waals surface area contributed by atoms with Gasteiger partial charge in [-0.2, -0.15) is 0 Å². The van der Waals surface area contributed by atoms with Crippen LogP contribution in [0.3, 0.4) is 0 Å². The van der Waals surface area contributed by atoms with E-state index < -0.39 is 12.1 Å². The minimum absolute atomic E-state index is 0.0985. The maximum Gasteiger partial charge on any atom is 0.309 e. The molecule has 0 spiro atoms. The highest BCUT2D eigenvalue weighted by Gasteiger charge is 2.19. The largest absolute Gasteiger partial charge is 0.493 e. The number of hydrogen-bond donors (Lipinski definition) is 0. The van der Waals surface area contributed by atoms with E-state index >= 15 is 0 Å². The van der Waals surface area contributed by atoms with Crippen molar-refractivity contribution in [3.63, 3.8) is 0 Å². The molecule has 4 heteroatoms. The molecule has 22 heavy (non-hydrogen) atoms. The van der Waals surface area contributed by atoms with Gasteiger partial charge in [0, 0.05) is 5.56 Å². The number of ether oxygens (including phenoxy) is 2. The summed E-state index contributed by atoms with van der Waals surface area (Å²) in [5.41, 5.74) is 0.531. The molecule has 4 nitrogen and oxygen atoms in total. The minimum atomic E-state index is -0.799. The summed E-state index contributed by atoms with van der Waals surface area (Å²) in [6.07, 6.45) is -0.701. The highest BCUT2D eigenvalue weighted by atomic mass is 16.5. The van der Waals surface area contributed by atoms with Gasteiger partial charge in [-0.1, -0.05) is 48.5 Å². The van der Waals surface area contributed by atoms with E-state index in [9.17, 15) is 9.59 Å². The van der Waals surface area contributed by atoms with Gasteiger partial charge in [0.1, 0.15) is 5.75 Å². The van der Waals surface area contributed by atoms with Crippen LogP contribution in [0.25, 0.3) is 0 Å². The molecule has 0 bridgehead atoms. The van der Waals surface area contributed by atoms with Crippen molar-refractivity contribution in [2.75, 3.05) is 6.61 Å². The lowest BCUT2D eigenvalue weighted by atomic mass is 10.1. The lowest BCUT2D eigenvalue weighted by Gasteiger charge is -2.12. The summed E-state index contributed by atoms with van der Waals surface area (Å²) < 4.78 is 10.6. The molecule has 2 aromatic rings. The van der Waals surface area contributed by atoms with E-state index in [1.807, 2.05) is 36.4 Å². The van der Waals surface area contributed by atoms with Crippen LogP contribution in [-0.4, -0.2) is 24.5 Å². The van der Waals surface area contributed by atoms with Gasteiger partial charge in [-0.25, -0.2) is 0 Å². The number of para-hydroxylation sites is 1.